The van der Waals surface area contributed by atoms with Crippen LogP contribution in [-0.4, -0.2) is 36.8 Å². The molecule has 0 aliphatic heterocycles. The fourth-order valence-corrected chi connectivity index (χ4v) is 4.25. The maximum absolute atomic E-state index is 4.66. The summed E-state index contributed by atoms with van der Waals surface area (Å²) in [6.45, 7) is 8.55. The molecule has 0 aliphatic rings. The first-order chi connectivity index (χ1) is 13.0. The molecule has 0 saturated heterocycles. The second-order valence-corrected chi connectivity index (χ2v) is 8.10. The van der Waals surface area contributed by atoms with Crippen LogP contribution in [0.15, 0.2) is 24.8 Å². The Labute approximate surface area is 161 Å². The highest BCUT2D eigenvalue weighted by Crippen LogP contribution is 2.38. The number of hydrogen-bond acceptors (Lipinski definition) is 6. The smallest absolute Gasteiger partial charge is 0.158 e. The van der Waals surface area contributed by atoms with Crippen LogP contribution in [0.1, 0.15) is 48.7 Å². The van der Waals surface area contributed by atoms with Crippen molar-refractivity contribution in [2.45, 2.75) is 39.7 Å². The third kappa shape index (κ3) is 3.04. The summed E-state index contributed by atoms with van der Waals surface area (Å²) >= 11 is 1.69. The quantitative estimate of drug-likeness (QED) is 0.547. The molecule has 0 bridgehead atoms. The van der Waals surface area contributed by atoms with Gasteiger partial charge in [0.25, 0.3) is 0 Å². The van der Waals surface area contributed by atoms with Crippen LogP contribution < -0.4 is 5.32 Å². The third-order valence-electron chi connectivity index (χ3n) is 4.81. The first-order valence-electron chi connectivity index (χ1n) is 9.01. The summed E-state index contributed by atoms with van der Waals surface area (Å²) in [5.41, 5.74) is 6.08. The molecule has 0 fully saturated rings. The summed E-state index contributed by atoms with van der Waals surface area (Å²) in [6, 6.07) is 2.39. The van der Waals surface area contributed by atoms with E-state index in [1.54, 1.807) is 22.2 Å². The van der Waals surface area contributed by atoms with Crippen molar-refractivity contribution < 1.29 is 0 Å². The van der Waals surface area contributed by atoms with E-state index < -0.39 is 0 Å². The summed E-state index contributed by atoms with van der Waals surface area (Å²) in [7, 11) is 1.96. The zero-order chi connectivity index (χ0) is 19.1. The number of hydrogen-bond donors (Lipinski definition) is 2. The molecule has 4 rings (SSSR count). The van der Waals surface area contributed by atoms with Gasteiger partial charge in [-0.1, -0.05) is 13.8 Å². The van der Waals surface area contributed by atoms with Crippen LogP contribution in [-0.2, 0) is 0 Å². The van der Waals surface area contributed by atoms with Crippen molar-refractivity contribution >= 4 is 17.0 Å². The fraction of sp³-hybridized carbons (Fsp3) is 0.368. The molecule has 0 radical (unpaired) electrons. The normalized spacial score (nSPS) is 13.0. The van der Waals surface area contributed by atoms with Crippen molar-refractivity contribution in [2.24, 2.45) is 0 Å². The van der Waals surface area contributed by atoms with Crippen molar-refractivity contribution in [3.05, 3.63) is 40.8 Å². The number of aryl methyl sites for hydroxylation is 1. The van der Waals surface area contributed by atoms with Crippen molar-refractivity contribution in [1.29, 1.82) is 0 Å². The van der Waals surface area contributed by atoms with Crippen LogP contribution in [0.2, 0.25) is 0 Å². The van der Waals surface area contributed by atoms with Crippen LogP contribution in [0.4, 0.5) is 0 Å². The van der Waals surface area contributed by atoms with Crippen molar-refractivity contribution in [3.63, 3.8) is 0 Å². The minimum Gasteiger partial charge on any atom is -0.312 e. The lowest BCUT2D eigenvalue weighted by Gasteiger charge is -2.09. The van der Waals surface area contributed by atoms with E-state index in [9.17, 15) is 0 Å². The highest BCUT2D eigenvalue weighted by molar-refractivity contribution is 7.15. The summed E-state index contributed by atoms with van der Waals surface area (Å²) in [4.78, 5) is 10.2. The molecule has 4 heterocycles. The molecular formula is C19H23N7S. The third-order valence-corrected chi connectivity index (χ3v) is 6.01. The number of rotatable bonds is 5. The number of aromatic nitrogens is 6. The lowest BCUT2D eigenvalue weighted by atomic mass is 9.97. The molecule has 1 atom stereocenters. The molecule has 7 nitrogen and oxygen atoms in total. The maximum Gasteiger partial charge on any atom is 0.158 e. The van der Waals surface area contributed by atoms with Gasteiger partial charge in [-0.25, -0.2) is 14.5 Å². The summed E-state index contributed by atoms with van der Waals surface area (Å²) < 4.78 is 1.80. The molecular weight excluding hydrogens is 358 g/mol. The minimum atomic E-state index is 0.276. The van der Waals surface area contributed by atoms with Crippen molar-refractivity contribution in [1.82, 2.24) is 35.1 Å². The Kier molecular flexibility index (Phi) is 4.53. The van der Waals surface area contributed by atoms with E-state index in [1.807, 2.05) is 26.4 Å². The molecule has 2 N–H and O–H groups in total. The molecule has 4 aromatic heterocycles. The molecule has 27 heavy (non-hydrogen) atoms. The maximum atomic E-state index is 4.66. The molecule has 140 valence electrons. The van der Waals surface area contributed by atoms with E-state index in [4.69, 9.17) is 0 Å². The van der Waals surface area contributed by atoms with Gasteiger partial charge in [-0.05, 0) is 38.4 Å². The molecule has 4 aromatic rings. The average Bonchev–Trinajstić information content (AvgIpc) is 3.37. The molecule has 0 amide bonds. The first-order valence-corrected chi connectivity index (χ1v) is 9.83. The Morgan fingerprint density at radius 3 is 2.78 bits per heavy atom. The van der Waals surface area contributed by atoms with Crippen LogP contribution in [0, 0.1) is 6.92 Å². The zero-order valence-corrected chi connectivity index (χ0v) is 16.9. The number of thiazole rings is 1. The number of nitrogens with zero attached hydrogens (tertiary/aromatic N) is 5. The topological polar surface area (TPSA) is 83.8 Å². The predicted octanol–water partition coefficient (Wildman–Crippen LogP) is 3.96. The van der Waals surface area contributed by atoms with Gasteiger partial charge in [-0.2, -0.15) is 10.2 Å². The fourth-order valence-electron chi connectivity index (χ4n) is 3.26. The SMILES string of the molecule is CNC(C)c1cnc(-c2[nH]nc(-c3cc(C)c4ncnn4c3)c2C(C)C)s1. The van der Waals surface area contributed by atoms with Crippen LogP contribution in [0.25, 0.3) is 27.6 Å². The zero-order valence-electron chi connectivity index (χ0n) is 16.1. The minimum absolute atomic E-state index is 0.276. The van der Waals surface area contributed by atoms with E-state index in [1.165, 1.54) is 10.4 Å². The van der Waals surface area contributed by atoms with Gasteiger partial charge in [-0.3, -0.25) is 5.10 Å². The molecule has 1 unspecified atom stereocenters. The van der Waals surface area contributed by atoms with Gasteiger partial charge in [-0.15, -0.1) is 11.3 Å². The van der Waals surface area contributed by atoms with Gasteiger partial charge in [0.05, 0.1) is 11.4 Å². The van der Waals surface area contributed by atoms with Crippen LogP contribution in [0.5, 0.6) is 0 Å². The van der Waals surface area contributed by atoms with E-state index in [0.717, 1.165) is 33.2 Å². The summed E-state index contributed by atoms with van der Waals surface area (Å²) in [5, 5.41) is 16.4. The van der Waals surface area contributed by atoms with Crippen LogP contribution >= 0.6 is 11.3 Å². The number of nitrogens with one attached hydrogen (secondary N) is 2. The van der Waals surface area contributed by atoms with Gasteiger partial charge < -0.3 is 5.32 Å². The Morgan fingerprint density at radius 2 is 2.04 bits per heavy atom. The average molecular weight is 382 g/mol. The predicted molar refractivity (Wildman–Crippen MR) is 108 cm³/mol. The lowest BCUT2D eigenvalue weighted by molar-refractivity contribution is 0.662. The largest absolute Gasteiger partial charge is 0.312 e. The van der Waals surface area contributed by atoms with Gasteiger partial charge in [0.1, 0.15) is 11.3 Å². The molecule has 0 aliphatic carbocycles. The Morgan fingerprint density at radius 1 is 1.22 bits per heavy atom. The molecule has 0 aromatic carbocycles. The van der Waals surface area contributed by atoms with Gasteiger partial charge in [0.15, 0.2) is 5.65 Å². The molecule has 8 heteroatoms. The molecule has 0 saturated carbocycles. The Hall–Kier alpha value is -2.58. The van der Waals surface area contributed by atoms with Crippen LogP contribution in [0.3, 0.4) is 0 Å². The number of fused-ring (bicyclic) bond motifs is 1. The van der Waals surface area contributed by atoms with Crippen molar-refractivity contribution in [3.8, 4) is 22.0 Å². The van der Waals surface area contributed by atoms with Crippen molar-refractivity contribution in [2.75, 3.05) is 7.05 Å². The van der Waals surface area contributed by atoms with E-state index in [2.05, 4.69) is 57.4 Å². The lowest BCUT2D eigenvalue weighted by Crippen LogP contribution is -2.10. The highest BCUT2D eigenvalue weighted by Gasteiger charge is 2.22. The highest BCUT2D eigenvalue weighted by atomic mass is 32.1. The second-order valence-electron chi connectivity index (χ2n) is 7.03. The molecule has 0 spiro atoms. The van der Waals surface area contributed by atoms with Gasteiger partial charge in [0, 0.05) is 34.4 Å². The van der Waals surface area contributed by atoms with E-state index in [-0.39, 0.29) is 6.04 Å². The standard InChI is InChI=1S/C19H23N7S/c1-10(2)15-16(13-6-11(3)18-22-9-23-26(18)8-13)24-25-17(15)19-21-7-14(27-19)12(4)20-5/h6-10,12,20H,1-5H3,(H,24,25). The Balaban J connectivity index is 1.84. The Bertz CT molecular complexity index is 1090. The second kappa shape index (κ2) is 6.86. The van der Waals surface area contributed by atoms with E-state index in [0.29, 0.717) is 5.92 Å². The number of H-pyrrole nitrogens is 1. The number of pyridine rings is 1. The number of aromatic amines is 1. The monoisotopic (exact) mass is 381 g/mol. The van der Waals surface area contributed by atoms with Gasteiger partial charge >= 0.3 is 0 Å². The van der Waals surface area contributed by atoms with E-state index >= 15 is 0 Å². The first kappa shape index (κ1) is 17.8. The summed E-state index contributed by atoms with van der Waals surface area (Å²) in [5.74, 6) is 0.301. The van der Waals surface area contributed by atoms with Gasteiger partial charge in [0.2, 0.25) is 0 Å². The summed E-state index contributed by atoms with van der Waals surface area (Å²) in [6.07, 6.45) is 5.50.